The summed E-state index contributed by atoms with van der Waals surface area (Å²) in [7, 11) is -5.02. The molecule has 0 spiro atoms. The summed E-state index contributed by atoms with van der Waals surface area (Å²) < 4.78 is 63.5. The molecule has 65 heavy (non-hydrogen) atoms. The van der Waals surface area contributed by atoms with Gasteiger partial charge in [-0.3, -0.25) is 9.59 Å². The molecule has 2 amide bonds. The fraction of sp³-hybridized carbons (Fsp3) is 0.885. The van der Waals surface area contributed by atoms with Crippen molar-refractivity contribution in [3.05, 3.63) is 24.3 Å². The quantitative estimate of drug-likeness (QED) is 0.0253. The van der Waals surface area contributed by atoms with Crippen molar-refractivity contribution in [2.75, 3.05) is 38.7 Å². The van der Waals surface area contributed by atoms with E-state index < -0.39 is 31.7 Å². The number of amides is 2. The SMILES string of the molecule is CCCCCCCC/C=C\CCCCCCCCCCCC(=O)N(C)CCCS(=O)(=O)[O-].CCCCCCCC/C=C\CCCCCCCCCCCC(=O)N(C)CCCS(=O)(=O)[O-].[Ca+2]. The molecule has 0 aromatic heterocycles. The fourth-order valence-electron chi connectivity index (χ4n) is 7.70. The van der Waals surface area contributed by atoms with Crippen LogP contribution in [0.25, 0.3) is 0 Å². The number of allylic oxidation sites excluding steroid dienone is 4. The zero-order valence-electron chi connectivity index (χ0n) is 42.7. The molecular weight excluding hydrogens is 885 g/mol. The largest absolute Gasteiger partial charge is 2.00 e. The third kappa shape index (κ3) is 59.6. The van der Waals surface area contributed by atoms with Gasteiger partial charge in [0.2, 0.25) is 11.8 Å². The maximum Gasteiger partial charge on any atom is 2.00 e. The van der Waals surface area contributed by atoms with Crippen molar-refractivity contribution in [1.82, 2.24) is 9.80 Å². The Morgan fingerprint density at radius 3 is 0.815 bits per heavy atom. The summed E-state index contributed by atoms with van der Waals surface area (Å²) >= 11 is 0. The second-order valence-electron chi connectivity index (χ2n) is 18.4. The van der Waals surface area contributed by atoms with Gasteiger partial charge in [0, 0.05) is 51.5 Å². The van der Waals surface area contributed by atoms with Crippen LogP contribution in [0.4, 0.5) is 0 Å². The first-order chi connectivity index (χ1) is 30.7. The molecule has 0 atom stereocenters. The van der Waals surface area contributed by atoms with Gasteiger partial charge in [-0.2, -0.15) is 0 Å². The second-order valence-corrected chi connectivity index (χ2v) is 21.4. The number of rotatable bonds is 46. The van der Waals surface area contributed by atoms with Gasteiger partial charge in [0.25, 0.3) is 0 Å². The van der Waals surface area contributed by atoms with Crippen LogP contribution in [0.1, 0.15) is 258 Å². The molecule has 0 radical (unpaired) electrons. The van der Waals surface area contributed by atoms with Crippen molar-refractivity contribution in [1.29, 1.82) is 0 Å². The normalized spacial score (nSPS) is 11.8. The Morgan fingerprint density at radius 2 is 0.585 bits per heavy atom. The van der Waals surface area contributed by atoms with Gasteiger partial charge >= 0.3 is 37.7 Å². The standard InChI is InChI=1S/2C26H51NO4S.Ca/c2*1-3-4-5-6-7-8-9-10-11-12-13-14-15-16-17-18-19-20-21-23-26(28)27(2)24-22-25-32(29,30)31;/h2*10-11H,3-9,12-25H2,1-2H3,(H,29,30,31);/q;;+2/p-2/b2*11-10-;. The van der Waals surface area contributed by atoms with Crippen LogP contribution in [-0.2, 0) is 29.8 Å². The number of nitrogens with zero attached hydrogens (tertiary/aromatic N) is 2. The molecule has 10 nitrogen and oxygen atoms in total. The van der Waals surface area contributed by atoms with E-state index in [9.17, 15) is 35.5 Å². The molecule has 0 aliphatic heterocycles. The Labute approximate surface area is 432 Å². The van der Waals surface area contributed by atoms with Gasteiger partial charge in [-0.15, -0.1) is 0 Å². The Balaban J connectivity index is -0.00000116. The summed E-state index contributed by atoms with van der Waals surface area (Å²) in [5, 5.41) is 0. The fourth-order valence-corrected chi connectivity index (χ4v) is 8.66. The average Bonchev–Trinajstić information content (AvgIpc) is 3.24. The number of unbranched alkanes of at least 4 members (excludes halogenated alkanes) is 30. The van der Waals surface area contributed by atoms with Gasteiger partial charge in [-0.1, -0.05) is 192 Å². The zero-order valence-corrected chi connectivity index (χ0v) is 46.5. The predicted octanol–water partition coefficient (Wildman–Crippen LogP) is 13.6. The molecule has 0 saturated carbocycles. The molecule has 13 heteroatoms. The molecule has 0 rings (SSSR count). The van der Waals surface area contributed by atoms with Gasteiger partial charge in [0.15, 0.2) is 0 Å². The van der Waals surface area contributed by atoms with Crippen molar-refractivity contribution in [3.8, 4) is 0 Å². The van der Waals surface area contributed by atoms with Gasteiger partial charge in [-0.25, -0.2) is 16.8 Å². The molecule has 0 aliphatic rings. The Morgan fingerprint density at radius 1 is 0.369 bits per heavy atom. The van der Waals surface area contributed by atoms with E-state index in [1.807, 2.05) is 0 Å². The first-order valence-corrected chi connectivity index (χ1v) is 29.5. The monoisotopic (exact) mass is 985 g/mol. The first kappa shape index (κ1) is 68.8. The van der Waals surface area contributed by atoms with Crippen molar-refractivity contribution in [2.24, 2.45) is 0 Å². The van der Waals surface area contributed by atoms with Crippen LogP contribution in [0.5, 0.6) is 0 Å². The second kappa shape index (κ2) is 51.4. The average molecular weight is 986 g/mol. The molecule has 0 saturated heterocycles. The maximum absolute atomic E-state index is 12.0. The third-order valence-corrected chi connectivity index (χ3v) is 13.5. The topological polar surface area (TPSA) is 155 Å². The Hall–Kier alpha value is -0.500. The van der Waals surface area contributed by atoms with Crippen molar-refractivity contribution in [2.45, 2.75) is 258 Å². The van der Waals surface area contributed by atoms with Crippen molar-refractivity contribution in [3.63, 3.8) is 0 Å². The van der Waals surface area contributed by atoms with E-state index in [0.29, 0.717) is 25.9 Å². The van der Waals surface area contributed by atoms with Gasteiger partial charge < -0.3 is 18.9 Å². The van der Waals surface area contributed by atoms with E-state index in [4.69, 9.17) is 0 Å². The number of carbonyl (C=O) groups is 2. The van der Waals surface area contributed by atoms with E-state index in [1.165, 1.54) is 202 Å². The minimum absolute atomic E-state index is 0. The van der Waals surface area contributed by atoms with Crippen LogP contribution in [0.15, 0.2) is 24.3 Å². The third-order valence-electron chi connectivity index (χ3n) is 11.9. The summed E-state index contributed by atoms with van der Waals surface area (Å²) in [4.78, 5) is 27.0. The van der Waals surface area contributed by atoms with Crippen LogP contribution < -0.4 is 0 Å². The number of hydrogen-bond donors (Lipinski definition) is 0. The van der Waals surface area contributed by atoms with E-state index in [-0.39, 0.29) is 62.4 Å². The minimum atomic E-state index is -4.18. The van der Waals surface area contributed by atoms with Gasteiger partial charge in [0.05, 0.1) is 20.2 Å². The number of hydrogen-bond acceptors (Lipinski definition) is 8. The van der Waals surface area contributed by atoms with Gasteiger partial charge in [-0.05, 0) is 77.0 Å². The predicted molar refractivity (Wildman–Crippen MR) is 275 cm³/mol. The molecule has 0 aromatic carbocycles. The summed E-state index contributed by atoms with van der Waals surface area (Å²) in [5.74, 6) is -0.732. The smallest absolute Gasteiger partial charge is 0.748 e. The summed E-state index contributed by atoms with van der Waals surface area (Å²) in [6.45, 7) is 5.19. The van der Waals surface area contributed by atoms with E-state index in [1.54, 1.807) is 14.1 Å². The van der Waals surface area contributed by atoms with Crippen LogP contribution in [0.2, 0.25) is 0 Å². The van der Waals surface area contributed by atoms with E-state index in [0.717, 1.165) is 25.7 Å². The number of carbonyl (C=O) groups excluding carboxylic acids is 2. The molecule has 0 aromatic rings. The molecule has 0 aliphatic carbocycles. The van der Waals surface area contributed by atoms with E-state index in [2.05, 4.69) is 38.2 Å². The van der Waals surface area contributed by atoms with Crippen LogP contribution in [-0.4, -0.2) is 124 Å². The van der Waals surface area contributed by atoms with Crippen molar-refractivity contribution < 1.29 is 35.5 Å². The van der Waals surface area contributed by atoms with Gasteiger partial charge in [0.1, 0.15) is 0 Å². The Kier molecular flexibility index (Phi) is 54.3. The summed E-state index contributed by atoms with van der Waals surface area (Å²) in [6, 6.07) is 0. The molecule has 0 heterocycles. The zero-order chi connectivity index (χ0) is 47.8. The first-order valence-electron chi connectivity index (χ1n) is 26.4. The maximum atomic E-state index is 12.0. The molecule has 0 N–H and O–H groups in total. The molecule has 0 bridgehead atoms. The minimum Gasteiger partial charge on any atom is -0.748 e. The molecular formula is C52H100CaN2O8S2. The Bertz CT molecular complexity index is 1230. The summed E-state index contributed by atoms with van der Waals surface area (Å²) in [6.07, 6.45) is 54.2. The van der Waals surface area contributed by atoms with Crippen LogP contribution >= 0.6 is 0 Å². The molecule has 380 valence electrons. The molecule has 0 fully saturated rings. The van der Waals surface area contributed by atoms with E-state index >= 15 is 0 Å². The van der Waals surface area contributed by atoms with Crippen LogP contribution in [0.3, 0.4) is 0 Å². The summed E-state index contributed by atoms with van der Waals surface area (Å²) in [5.41, 5.74) is 0. The molecule has 0 unspecified atom stereocenters. The van der Waals surface area contributed by atoms with Crippen molar-refractivity contribution >= 4 is 69.8 Å². The van der Waals surface area contributed by atoms with Crippen LogP contribution in [0, 0.1) is 0 Å².